The van der Waals surface area contributed by atoms with E-state index in [2.05, 4.69) is 15.9 Å². The molecule has 0 aromatic heterocycles. The second kappa shape index (κ2) is 4.28. The fourth-order valence-corrected chi connectivity index (χ4v) is 1.54. The molecule has 0 heterocycles. The Morgan fingerprint density at radius 1 is 1.43 bits per heavy atom. The largest absolute Gasteiger partial charge is 0.506 e. The summed E-state index contributed by atoms with van der Waals surface area (Å²) in [4.78, 5) is 0. The molecule has 1 aromatic carbocycles. The van der Waals surface area contributed by atoms with Gasteiger partial charge in [-0.3, -0.25) is 0 Å². The Bertz CT molecular complexity index is 341. The minimum absolute atomic E-state index is 0.0751. The van der Waals surface area contributed by atoms with Crippen LogP contribution in [0.15, 0.2) is 16.6 Å². The molecule has 0 bridgehead atoms. The summed E-state index contributed by atoms with van der Waals surface area (Å²) in [5, 5.41) is 9.63. The maximum absolute atomic E-state index is 13.0. The van der Waals surface area contributed by atoms with Gasteiger partial charge in [0.15, 0.2) is 0 Å². The van der Waals surface area contributed by atoms with Gasteiger partial charge in [-0.05, 0) is 27.9 Å². The highest BCUT2D eigenvalue weighted by Crippen LogP contribution is 2.35. The number of rotatable bonds is 2. The standard InChI is InChI=1S/C10H13BrFNO/c1-5(2)9(13)6-3-4-7(12)8(11)10(6)14/h3-5,9,14H,13H2,1-2H3/t9-/m0/s1. The molecule has 14 heavy (non-hydrogen) atoms. The molecular weight excluding hydrogens is 249 g/mol. The lowest BCUT2D eigenvalue weighted by Crippen LogP contribution is -2.17. The first kappa shape index (κ1) is 11.5. The summed E-state index contributed by atoms with van der Waals surface area (Å²) in [6, 6.07) is 2.52. The van der Waals surface area contributed by atoms with Crippen molar-refractivity contribution in [1.82, 2.24) is 0 Å². The first-order valence-electron chi connectivity index (χ1n) is 4.37. The molecule has 1 atom stereocenters. The summed E-state index contributed by atoms with van der Waals surface area (Å²) in [6.45, 7) is 3.89. The van der Waals surface area contributed by atoms with Gasteiger partial charge in [-0.15, -0.1) is 0 Å². The van der Waals surface area contributed by atoms with E-state index >= 15 is 0 Å². The SMILES string of the molecule is CC(C)[C@H](N)c1ccc(F)c(Br)c1O. The van der Waals surface area contributed by atoms with Crippen LogP contribution in [-0.2, 0) is 0 Å². The van der Waals surface area contributed by atoms with Crippen molar-refractivity contribution >= 4 is 15.9 Å². The van der Waals surface area contributed by atoms with E-state index < -0.39 is 5.82 Å². The second-order valence-corrected chi connectivity index (χ2v) is 4.36. The van der Waals surface area contributed by atoms with Crippen LogP contribution in [0.5, 0.6) is 5.75 Å². The van der Waals surface area contributed by atoms with Crippen molar-refractivity contribution in [3.63, 3.8) is 0 Å². The summed E-state index contributed by atoms with van der Waals surface area (Å²) in [7, 11) is 0. The Morgan fingerprint density at radius 3 is 2.50 bits per heavy atom. The molecule has 3 N–H and O–H groups in total. The zero-order valence-electron chi connectivity index (χ0n) is 8.09. The molecule has 1 rings (SSSR count). The maximum Gasteiger partial charge on any atom is 0.141 e. The van der Waals surface area contributed by atoms with E-state index in [0.717, 1.165) is 0 Å². The van der Waals surface area contributed by atoms with Crippen molar-refractivity contribution in [2.45, 2.75) is 19.9 Å². The average Bonchev–Trinajstić information content (AvgIpc) is 2.13. The predicted octanol–water partition coefficient (Wildman–Crippen LogP) is 2.95. The summed E-state index contributed by atoms with van der Waals surface area (Å²) in [5.74, 6) is -0.397. The van der Waals surface area contributed by atoms with Gasteiger partial charge in [-0.25, -0.2) is 4.39 Å². The van der Waals surface area contributed by atoms with E-state index in [-0.39, 0.29) is 22.2 Å². The lowest BCUT2D eigenvalue weighted by atomic mass is 9.96. The molecule has 0 fully saturated rings. The first-order valence-corrected chi connectivity index (χ1v) is 5.17. The smallest absolute Gasteiger partial charge is 0.141 e. The van der Waals surface area contributed by atoms with Crippen LogP contribution in [-0.4, -0.2) is 5.11 Å². The molecule has 0 radical (unpaired) electrons. The van der Waals surface area contributed by atoms with Crippen molar-refractivity contribution in [3.8, 4) is 5.75 Å². The van der Waals surface area contributed by atoms with Gasteiger partial charge < -0.3 is 10.8 Å². The highest BCUT2D eigenvalue weighted by Gasteiger charge is 2.18. The van der Waals surface area contributed by atoms with Gasteiger partial charge in [-0.2, -0.15) is 0 Å². The number of aromatic hydroxyl groups is 1. The van der Waals surface area contributed by atoms with Crippen molar-refractivity contribution in [1.29, 1.82) is 0 Å². The minimum atomic E-state index is -0.484. The number of halogens is 2. The zero-order chi connectivity index (χ0) is 10.9. The number of phenols is 1. The van der Waals surface area contributed by atoms with E-state index in [1.165, 1.54) is 12.1 Å². The molecule has 78 valence electrons. The van der Waals surface area contributed by atoms with Crippen molar-refractivity contribution in [2.75, 3.05) is 0 Å². The Kier molecular flexibility index (Phi) is 3.50. The molecule has 0 aliphatic carbocycles. The van der Waals surface area contributed by atoms with Crippen molar-refractivity contribution < 1.29 is 9.50 Å². The molecule has 0 saturated carbocycles. The van der Waals surface area contributed by atoms with Gasteiger partial charge in [-0.1, -0.05) is 19.9 Å². The van der Waals surface area contributed by atoms with Gasteiger partial charge in [0.05, 0.1) is 4.47 Å². The fraction of sp³-hybridized carbons (Fsp3) is 0.400. The van der Waals surface area contributed by atoms with Crippen LogP contribution in [0.25, 0.3) is 0 Å². The summed E-state index contributed by atoms with van der Waals surface area (Å²) in [5.41, 5.74) is 6.42. The maximum atomic E-state index is 13.0. The lowest BCUT2D eigenvalue weighted by Gasteiger charge is -2.17. The third-order valence-corrected chi connectivity index (χ3v) is 2.93. The highest BCUT2D eigenvalue weighted by atomic mass is 79.9. The quantitative estimate of drug-likeness (QED) is 0.860. The second-order valence-electron chi connectivity index (χ2n) is 3.57. The molecule has 0 aliphatic heterocycles. The number of phenolic OH excluding ortho intramolecular Hbond substituents is 1. The lowest BCUT2D eigenvalue weighted by molar-refractivity contribution is 0.431. The van der Waals surface area contributed by atoms with Crippen molar-refractivity contribution in [2.24, 2.45) is 11.7 Å². The summed E-state index contributed by atoms with van der Waals surface area (Å²) < 4.78 is 13.1. The van der Waals surface area contributed by atoms with Gasteiger partial charge in [0.2, 0.25) is 0 Å². The van der Waals surface area contributed by atoms with Crippen molar-refractivity contribution in [3.05, 3.63) is 28.0 Å². The molecule has 0 saturated heterocycles. The molecule has 0 unspecified atom stereocenters. The fourth-order valence-electron chi connectivity index (χ4n) is 1.18. The normalized spacial score (nSPS) is 13.3. The molecular formula is C10H13BrFNO. The monoisotopic (exact) mass is 261 g/mol. The van der Waals surface area contributed by atoms with Crippen LogP contribution in [0.4, 0.5) is 4.39 Å². The Hall–Kier alpha value is -0.610. The highest BCUT2D eigenvalue weighted by molar-refractivity contribution is 9.10. The van der Waals surface area contributed by atoms with Gasteiger partial charge >= 0.3 is 0 Å². The Morgan fingerprint density at radius 2 is 2.00 bits per heavy atom. The van der Waals surface area contributed by atoms with Crippen LogP contribution < -0.4 is 5.73 Å². The molecule has 0 aliphatic rings. The molecule has 2 nitrogen and oxygen atoms in total. The number of nitrogens with two attached hydrogens (primary N) is 1. The zero-order valence-corrected chi connectivity index (χ0v) is 9.68. The summed E-state index contributed by atoms with van der Waals surface area (Å²) in [6.07, 6.45) is 0. The van der Waals surface area contributed by atoms with E-state index in [4.69, 9.17) is 5.73 Å². The van der Waals surface area contributed by atoms with E-state index in [9.17, 15) is 9.50 Å². The van der Waals surface area contributed by atoms with E-state index in [1.807, 2.05) is 13.8 Å². The third-order valence-electron chi connectivity index (χ3n) is 2.18. The average molecular weight is 262 g/mol. The van der Waals surface area contributed by atoms with E-state index in [1.54, 1.807) is 0 Å². The summed E-state index contributed by atoms with van der Waals surface area (Å²) >= 11 is 2.97. The number of benzene rings is 1. The minimum Gasteiger partial charge on any atom is -0.506 e. The molecule has 4 heteroatoms. The number of hydrogen-bond acceptors (Lipinski definition) is 2. The van der Waals surface area contributed by atoms with Crippen LogP contribution in [0.3, 0.4) is 0 Å². The van der Waals surface area contributed by atoms with Crippen LogP contribution >= 0.6 is 15.9 Å². The Balaban J connectivity index is 3.17. The first-order chi connectivity index (χ1) is 6.45. The molecule has 0 amide bonds. The Labute approximate surface area is 91.1 Å². The molecule has 1 aromatic rings. The number of hydrogen-bond donors (Lipinski definition) is 2. The van der Waals surface area contributed by atoms with Crippen LogP contribution in [0.2, 0.25) is 0 Å². The third kappa shape index (κ3) is 2.07. The molecule has 0 spiro atoms. The van der Waals surface area contributed by atoms with Crippen LogP contribution in [0, 0.1) is 11.7 Å². The van der Waals surface area contributed by atoms with Gasteiger partial charge in [0.25, 0.3) is 0 Å². The van der Waals surface area contributed by atoms with Gasteiger partial charge in [0.1, 0.15) is 11.6 Å². The topological polar surface area (TPSA) is 46.2 Å². The van der Waals surface area contributed by atoms with Gasteiger partial charge in [0, 0.05) is 11.6 Å². The van der Waals surface area contributed by atoms with E-state index in [0.29, 0.717) is 5.56 Å². The predicted molar refractivity (Wildman–Crippen MR) is 57.5 cm³/mol. The van der Waals surface area contributed by atoms with Crippen LogP contribution in [0.1, 0.15) is 25.5 Å².